The van der Waals surface area contributed by atoms with Crippen LogP contribution < -0.4 is 9.62 Å². The largest absolute Gasteiger partial charge is 0.376 e. The van der Waals surface area contributed by atoms with Crippen LogP contribution >= 0.6 is 0 Å². The molecular formula is C16H24N2O4S. The van der Waals surface area contributed by atoms with Gasteiger partial charge in [-0.1, -0.05) is 19.1 Å². The third kappa shape index (κ3) is 5.21. The summed E-state index contributed by atoms with van der Waals surface area (Å²) < 4.78 is 30.6. The fourth-order valence-corrected chi connectivity index (χ4v) is 3.37. The first-order chi connectivity index (χ1) is 10.9. The van der Waals surface area contributed by atoms with Crippen LogP contribution in [0.4, 0.5) is 5.69 Å². The zero-order chi connectivity index (χ0) is 16.9. The van der Waals surface area contributed by atoms with Gasteiger partial charge in [0, 0.05) is 13.2 Å². The van der Waals surface area contributed by atoms with E-state index >= 15 is 0 Å². The van der Waals surface area contributed by atoms with E-state index in [0.717, 1.165) is 42.0 Å². The number of nitrogens with zero attached hydrogens (tertiary/aromatic N) is 1. The Hall–Kier alpha value is -1.60. The summed E-state index contributed by atoms with van der Waals surface area (Å²) in [4.78, 5) is 12.1. The van der Waals surface area contributed by atoms with E-state index in [1.54, 1.807) is 12.1 Å². The molecule has 1 saturated heterocycles. The number of carbonyl (C=O) groups excluding carboxylic acids is 1. The summed E-state index contributed by atoms with van der Waals surface area (Å²) in [5, 5.41) is 2.75. The van der Waals surface area contributed by atoms with E-state index in [1.165, 1.54) is 0 Å². The first-order valence-electron chi connectivity index (χ1n) is 7.85. The molecule has 0 bridgehead atoms. The van der Waals surface area contributed by atoms with Crippen molar-refractivity contribution in [3.8, 4) is 0 Å². The first kappa shape index (κ1) is 17.7. The Bertz CT molecular complexity index is 622. The smallest absolute Gasteiger partial charge is 0.240 e. The standard InChI is InChI=1S/C16H24N2O4S/c1-3-13-6-8-14(9-7-13)18(23(2,20)21)12-16(19)17-11-15-5-4-10-22-15/h6-9,15H,3-5,10-12H2,1-2H3,(H,17,19)/t15-/m1/s1. The fourth-order valence-electron chi connectivity index (χ4n) is 2.52. The second-order valence-electron chi connectivity index (χ2n) is 5.73. The van der Waals surface area contributed by atoms with Gasteiger partial charge in [0.25, 0.3) is 0 Å². The van der Waals surface area contributed by atoms with Gasteiger partial charge >= 0.3 is 0 Å². The number of aryl methyl sites for hydroxylation is 1. The molecule has 6 nitrogen and oxygen atoms in total. The molecule has 1 aromatic carbocycles. The Morgan fingerprint density at radius 1 is 1.35 bits per heavy atom. The third-order valence-electron chi connectivity index (χ3n) is 3.87. The van der Waals surface area contributed by atoms with Gasteiger partial charge in [0.05, 0.1) is 18.0 Å². The third-order valence-corrected chi connectivity index (χ3v) is 5.01. The topological polar surface area (TPSA) is 75.7 Å². The maximum Gasteiger partial charge on any atom is 0.240 e. The number of hydrogen-bond acceptors (Lipinski definition) is 4. The number of hydrogen-bond donors (Lipinski definition) is 1. The van der Waals surface area contributed by atoms with Gasteiger partial charge < -0.3 is 10.1 Å². The number of benzene rings is 1. The molecule has 23 heavy (non-hydrogen) atoms. The molecular weight excluding hydrogens is 316 g/mol. The van der Waals surface area contributed by atoms with Gasteiger partial charge in [0.15, 0.2) is 0 Å². The van der Waals surface area contributed by atoms with Crippen molar-refractivity contribution in [3.05, 3.63) is 29.8 Å². The molecule has 1 fully saturated rings. The lowest BCUT2D eigenvalue weighted by molar-refractivity contribution is -0.120. The molecule has 0 radical (unpaired) electrons. The van der Waals surface area contributed by atoms with E-state index in [-0.39, 0.29) is 18.6 Å². The van der Waals surface area contributed by atoms with Gasteiger partial charge in [-0.15, -0.1) is 0 Å². The predicted molar refractivity (Wildman–Crippen MR) is 90.0 cm³/mol. The van der Waals surface area contributed by atoms with Crippen molar-refractivity contribution in [1.82, 2.24) is 5.32 Å². The molecule has 7 heteroatoms. The molecule has 0 aliphatic carbocycles. The van der Waals surface area contributed by atoms with Crippen LogP contribution in [0, 0.1) is 0 Å². The summed E-state index contributed by atoms with van der Waals surface area (Å²) in [6, 6.07) is 7.20. The Labute approximate surface area is 137 Å². The number of ether oxygens (including phenoxy) is 1. The Balaban J connectivity index is 2.01. The molecule has 2 rings (SSSR count). The van der Waals surface area contributed by atoms with E-state index in [9.17, 15) is 13.2 Å². The second-order valence-corrected chi connectivity index (χ2v) is 7.64. The zero-order valence-electron chi connectivity index (χ0n) is 13.6. The van der Waals surface area contributed by atoms with Crippen LogP contribution in [0.5, 0.6) is 0 Å². The van der Waals surface area contributed by atoms with Crippen LogP contribution in [-0.4, -0.2) is 46.4 Å². The maximum absolute atomic E-state index is 12.1. The van der Waals surface area contributed by atoms with Crippen molar-refractivity contribution in [3.63, 3.8) is 0 Å². The summed E-state index contributed by atoms with van der Waals surface area (Å²) in [5.74, 6) is -0.328. The number of sulfonamides is 1. The predicted octanol–water partition coefficient (Wildman–Crippen LogP) is 1.31. The molecule has 128 valence electrons. The van der Waals surface area contributed by atoms with Gasteiger partial charge in [-0.3, -0.25) is 9.10 Å². The summed E-state index contributed by atoms with van der Waals surface area (Å²) in [5.41, 5.74) is 1.61. The van der Waals surface area contributed by atoms with E-state index in [1.807, 2.05) is 19.1 Å². The Kier molecular flexibility index (Phi) is 6.01. The van der Waals surface area contributed by atoms with Crippen LogP contribution in [0.3, 0.4) is 0 Å². The van der Waals surface area contributed by atoms with Crippen LogP contribution in [0.25, 0.3) is 0 Å². The number of nitrogens with one attached hydrogen (secondary N) is 1. The van der Waals surface area contributed by atoms with Crippen LogP contribution in [0.1, 0.15) is 25.3 Å². The Morgan fingerprint density at radius 2 is 2.04 bits per heavy atom. The van der Waals surface area contributed by atoms with Crippen LogP contribution in [0.2, 0.25) is 0 Å². The highest BCUT2D eigenvalue weighted by atomic mass is 32.2. The zero-order valence-corrected chi connectivity index (χ0v) is 14.4. The molecule has 0 spiro atoms. The SMILES string of the molecule is CCc1ccc(N(CC(=O)NC[C@H]2CCCO2)S(C)(=O)=O)cc1. The highest BCUT2D eigenvalue weighted by Gasteiger charge is 2.22. The van der Waals surface area contributed by atoms with E-state index in [0.29, 0.717) is 12.2 Å². The highest BCUT2D eigenvalue weighted by molar-refractivity contribution is 7.92. The molecule has 1 N–H and O–H groups in total. The van der Waals surface area contributed by atoms with Crippen LogP contribution in [0.15, 0.2) is 24.3 Å². The number of anilines is 1. The molecule has 1 aliphatic rings. The minimum Gasteiger partial charge on any atom is -0.376 e. The van der Waals surface area contributed by atoms with Crippen molar-refractivity contribution in [1.29, 1.82) is 0 Å². The van der Waals surface area contributed by atoms with Crippen molar-refractivity contribution < 1.29 is 17.9 Å². The summed E-state index contributed by atoms with van der Waals surface area (Å²) in [6.07, 6.45) is 3.94. The van der Waals surface area contributed by atoms with E-state index in [4.69, 9.17) is 4.74 Å². The molecule has 1 amide bonds. The number of rotatable bonds is 7. The minimum atomic E-state index is -3.53. The highest BCUT2D eigenvalue weighted by Crippen LogP contribution is 2.18. The van der Waals surface area contributed by atoms with Crippen molar-refractivity contribution in [2.45, 2.75) is 32.3 Å². The molecule has 1 aliphatic heterocycles. The van der Waals surface area contributed by atoms with E-state index in [2.05, 4.69) is 5.32 Å². The average Bonchev–Trinajstić information content (AvgIpc) is 3.03. The van der Waals surface area contributed by atoms with Crippen molar-refractivity contribution in [2.75, 3.05) is 30.3 Å². The fraction of sp³-hybridized carbons (Fsp3) is 0.562. The van der Waals surface area contributed by atoms with Gasteiger partial charge in [-0.25, -0.2) is 8.42 Å². The number of carbonyl (C=O) groups is 1. The molecule has 0 saturated carbocycles. The molecule has 0 aromatic heterocycles. The molecule has 0 unspecified atom stereocenters. The van der Waals surface area contributed by atoms with Gasteiger partial charge in [-0.2, -0.15) is 0 Å². The lowest BCUT2D eigenvalue weighted by atomic mass is 10.1. The summed E-state index contributed by atoms with van der Waals surface area (Å²) in [7, 11) is -3.53. The maximum atomic E-state index is 12.1. The normalized spacial score (nSPS) is 17.9. The first-order valence-corrected chi connectivity index (χ1v) is 9.70. The minimum absolute atomic E-state index is 0.0365. The van der Waals surface area contributed by atoms with Crippen LogP contribution in [-0.2, 0) is 26.0 Å². The van der Waals surface area contributed by atoms with Gasteiger partial charge in [-0.05, 0) is 37.0 Å². The van der Waals surface area contributed by atoms with Crippen molar-refractivity contribution >= 4 is 21.6 Å². The quantitative estimate of drug-likeness (QED) is 0.812. The van der Waals surface area contributed by atoms with Crippen molar-refractivity contribution in [2.24, 2.45) is 0 Å². The lowest BCUT2D eigenvalue weighted by Crippen LogP contribution is -2.42. The lowest BCUT2D eigenvalue weighted by Gasteiger charge is -2.22. The second kappa shape index (κ2) is 7.79. The average molecular weight is 340 g/mol. The molecule has 1 aromatic rings. The van der Waals surface area contributed by atoms with E-state index < -0.39 is 10.0 Å². The Morgan fingerprint density at radius 3 is 2.57 bits per heavy atom. The molecule has 1 atom stereocenters. The number of amides is 1. The summed E-state index contributed by atoms with van der Waals surface area (Å²) >= 11 is 0. The summed E-state index contributed by atoms with van der Waals surface area (Å²) in [6.45, 7) is 2.95. The van der Waals surface area contributed by atoms with Gasteiger partial charge in [0.1, 0.15) is 6.54 Å². The molecule has 1 heterocycles. The monoisotopic (exact) mass is 340 g/mol. The van der Waals surface area contributed by atoms with Gasteiger partial charge in [0.2, 0.25) is 15.9 Å².